The van der Waals surface area contributed by atoms with E-state index < -0.39 is 18.6 Å². The number of carbonyl (C=O) groups is 1. The Morgan fingerprint density at radius 3 is 2.61 bits per heavy atom. The van der Waals surface area contributed by atoms with Crippen LogP contribution in [-0.4, -0.2) is 51.8 Å². The molecule has 0 amide bonds. The van der Waals surface area contributed by atoms with Crippen LogP contribution in [0, 0.1) is 5.92 Å². The monoisotopic (exact) mass is 333 g/mol. The fourth-order valence-electron chi connectivity index (χ4n) is 2.19. The number of hydrogen-bond acceptors (Lipinski definition) is 5. The molecule has 1 N–H and O–H groups in total. The summed E-state index contributed by atoms with van der Waals surface area (Å²) in [6.07, 6.45) is -1.67. The molecule has 0 atom stereocenters. The van der Waals surface area contributed by atoms with E-state index in [1.54, 1.807) is 0 Å². The number of carboxylic acid groups (broad SMARTS) is 1. The van der Waals surface area contributed by atoms with Gasteiger partial charge in [-0.25, -0.2) is 4.98 Å². The lowest BCUT2D eigenvalue weighted by Crippen LogP contribution is -2.49. The summed E-state index contributed by atoms with van der Waals surface area (Å²) in [5.74, 6) is -0.836. The molecule has 9 heteroatoms. The summed E-state index contributed by atoms with van der Waals surface area (Å²) in [5, 5.41) is 8.79. The number of hydrogen-bond donors (Lipinski definition) is 1. The summed E-state index contributed by atoms with van der Waals surface area (Å²) >= 11 is 0. The Kier molecular flexibility index (Phi) is 5.75. The van der Waals surface area contributed by atoms with Gasteiger partial charge in [-0.15, -0.1) is 0 Å². The number of nitrogens with zero attached hydrogens (tertiary/aromatic N) is 3. The molecule has 2 rings (SSSR count). The first kappa shape index (κ1) is 17.5. The largest absolute Gasteiger partial charge is 0.481 e. The normalized spacial score (nSPS) is 16.1. The third kappa shape index (κ3) is 6.01. The van der Waals surface area contributed by atoms with Crippen LogP contribution in [-0.2, 0) is 11.3 Å². The lowest BCUT2D eigenvalue weighted by Gasteiger charge is -2.36. The van der Waals surface area contributed by atoms with Crippen molar-refractivity contribution in [1.82, 2.24) is 14.9 Å². The molecule has 0 aliphatic carbocycles. The number of aliphatic carboxylic acids is 1. The number of aromatic nitrogens is 2. The van der Waals surface area contributed by atoms with Gasteiger partial charge in [-0.3, -0.25) is 14.7 Å². The first-order chi connectivity index (χ1) is 10.8. The molecule has 0 spiro atoms. The predicted octanol–water partition coefficient (Wildman–Crippen LogP) is 2.10. The summed E-state index contributed by atoms with van der Waals surface area (Å²) in [4.78, 5) is 20.8. The van der Waals surface area contributed by atoms with E-state index in [9.17, 15) is 18.0 Å². The van der Waals surface area contributed by atoms with Gasteiger partial charge in [0.05, 0.1) is 30.6 Å². The summed E-state index contributed by atoms with van der Waals surface area (Å²) in [7, 11) is 0. The van der Waals surface area contributed by atoms with Crippen molar-refractivity contribution in [1.29, 1.82) is 0 Å². The molecule has 0 saturated carbocycles. The molecule has 1 aromatic rings. The molecular formula is C14H18F3N3O3. The first-order valence-corrected chi connectivity index (χ1v) is 7.29. The SMILES string of the molecule is O=C(O)C1CN(Cc2cnc(OCCCCC(F)(F)F)cn2)C1. The zero-order chi connectivity index (χ0) is 16.9. The Bertz CT molecular complexity index is 516. The molecule has 0 bridgehead atoms. The molecule has 23 heavy (non-hydrogen) atoms. The summed E-state index contributed by atoms with van der Waals surface area (Å²) in [5.41, 5.74) is 0.693. The maximum absolute atomic E-state index is 12.0. The number of ether oxygens (including phenoxy) is 1. The van der Waals surface area contributed by atoms with Crippen molar-refractivity contribution in [2.45, 2.75) is 32.0 Å². The average molecular weight is 333 g/mol. The molecule has 1 saturated heterocycles. The third-order valence-electron chi connectivity index (χ3n) is 3.48. The highest BCUT2D eigenvalue weighted by Crippen LogP contribution is 2.22. The fraction of sp³-hybridized carbons (Fsp3) is 0.643. The van der Waals surface area contributed by atoms with Crippen LogP contribution >= 0.6 is 0 Å². The van der Waals surface area contributed by atoms with E-state index in [1.807, 2.05) is 4.90 Å². The van der Waals surface area contributed by atoms with Crippen LogP contribution in [0.25, 0.3) is 0 Å². The molecule has 1 fully saturated rings. The van der Waals surface area contributed by atoms with Crippen LogP contribution in [0.1, 0.15) is 25.0 Å². The van der Waals surface area contributed by atoms with Crippen molar-refractivity contribution in [3.63, 3.8) is 0 Å². The maximum Gasteiger partial charge on any atom is 0.389 e. The average Bonchev–Trinajstić information content (AvgIpc) is 2.42. The van der Waals surface area contributed by atoms with Crippen LogP contribution in [0.2, 0.25) is 0 Å². The van der Waals surface area contributed by atoms with E-state index in [4.69, 9.17) is 9.84 Å². The van der Waals surface area contributed by atoms with Crippen molar-refractivity contribution < 1.29 is 27.8 Å². The van der Waals surface area contributed by atoms with Crippen LogP contribution in [0.4, 0.5) is 13.2 Å². The van der Waals surface area contributed by atoms with Crippen LogP contribution in [0.3, 0.4) is 0 Å². The number of unbranched alkanes of at least 4 members (excludes halogenated alkanes) is 1. The van der Waals surface area contributed by atoms with E-state index in [1.165, 1.54) is 12.4 Å². The Hall–Kier alpha value is -1.90. The second kappa shape index (κ2) is 7.58. The Labute approximate surface area is 131 Å². The number of rotatable bonds is 8. The van der Waals surface area contributed by atoms with E-state index in [0.29, 0.717) is 31.7 Å². The number of carboxylic acids is 1. The molecule has 6 nitrogen and oxygen atoms in total. The van der Waals surface area contributed by atoms with E-state index in [0.717, 1.165) is 0 Å². The Balaban J connectivity index is 1.64. The van der Waals surface area contributed by atoms with E-state index >= 15 is 0 Å². The van der Waals surface area contributed by atoms with Gasteiger partial charge >= 0.3 is 12.1 Å². The van der Waals surface area contributed by atoms with E-state index in [2.05, 4.69) is 9.97 Å². The second-order valence-electron chi connectivity index (χ2n) is 5.50. The number of halogens is 3. The van der Waals surface area contributed by atoms with Gasteiger partial charge < -0.3 is 9.84 Å². The molecule has 1 aliphatic heterocycles. The van der Waals surface area contributed by atoms with Gasteiger partial charge in [0, 0.05) is 26.1 Å². The molecule has 1 aromatic heterocycles. The lowest BCUT2D eigenvalue weighted by molar-refractivity contribution is -0.147. The standard InChI is InChI=1S/C14H18F3N3O3/c15-14(16,17)3-1-2-4-23-12-6-18-11(5-19-12)9-20-7-10(8-20)13(21)22/h5-6,10H,1-4,7-9H2,(H,21,22). The predicted molar refractivity (Wildman–Crippen MR) is 73.8 cm³/mol. The highest BCUT2D eigenvalue weighted by molar-refractivity contribution is 5.71. The quantitative estimate of drug-likeness (QED) is 0.734. The lowest BCUT2D eigenvalue weighted by atomic mass is 10.0. The van der Waals surface area contributed by atoms with Gasteiger partial charge in [0.15, 0.2) is 0 Å². The van der Waals surface area contributed by atoms with Crippen LogP contribution < -0.4 is 4.74 Å². The zero-order valence-corrected chi connectivity index (χ0v) is 12.4. The molecule has 0 radical (unpaired) electrons. The third-order valence-corrected chi connectivity index (χ3v) is 3.48. The smallest absolute Gasteiger partial charge is 0.389 e. The summed E-state index contributed by atoms with van der Waals surface area (Å²) in [6, 6.07) is 0. The van der Waals surface area contributed by atoms with Gasteiger partial charge in [-0.1, -0.05) is 0 Å². The van der Waals surface area contributed by atoms with Crippen LogP contribution in [0.15, 0.2) is 12.4 Å². The van der Waals surface area contributed by atoms with Crippen molar-refractivity contribution in [2.75, 3.05) is 19.7 Å². The molecule has 0 unspecified atom stereocenters. The summed E-state index contributed by atoms with van der Waals surface area (Å²) < 4.78 is 41.1. The van der Waals surface area contributed by atoms with Crippen LogP contribution in [0.5, 0.6) is 5.88 Å². The van der Waals surface area contributed by atoms with Gasteiger partial charge in [0.2, 0.25) is 5.88 Å². The minimum atomic E-state index is -4.13. The van der Waals surface area contributed by atoms with Crippen molar-refractivity contribution >= 4 is 5.97 Å². The van der Waals surface area contributed by atoms with Gasteiger partial charge in [-0.2, -0.15) is 13.2 Å². The van der Waals surface area contributed by atoms with Gasteiger partial charge in [-0.05, 0) is 12.8 Å². The molecule has 1 aliphatic rings. The van der Waals surface area contributed by atoms with Gasteiger partial charge in [0.1, 0.15) is 0 Å². The number of alkyl halides is 3. The zero-order valence-electron chi connectivity index (χ0n) is 12.4. The number of likely N-dealkylation sites (tertiary alicyclic amines) is 1. The highest BCUT2D eigenvalue weighted by atomic mass is 19.4. The topological polar surface area (TPSA) is 75.5 Å². The highest BCUT2D eigenvalue weighted by Gasteiger charge is 2.32. The minimum Gasteiger partial charge on any atom is -0.481 e. The Morgan fingerprint density at radius 2 is 2.04 bits per heavy atom. The summed E-state index contributed by atoms with van der Waals surface area (Å²) in [6.45, 7) is 1.67. The maximum atomic E-state index is 12.0. The van der Waals surface area contributed by atoms with Crippen molar-refractivity contribution in [3.05, 3.63) is 18.1 Å². The van der Waals surface area contributed by atoms with Crippen molar-refractivity contribution in [2.24, 2.45) is 5.92 Å². The molecule has 2 heterocycles. The van der Waals surface area contributed by atoms with E-state index in [-0.39, 0.29) is 24.8 Å². The minimum absolute atomic E-state index is 0.0225. The molecule has 128 valence electrons. The second-order valence-corrected chi connectivity index (χ2v) is 5.50. The molecular weight excluding hydrogens is 315 g/mol. The Morgan fingerprint density at radius 1 is 1.30 bits per heavy atom. The fourth-order valence-corrected chi connectivity index (χ4v) is 2.19. The molecule has 0 aromatic carbocycles. The first-order valence-electron chi connectivity index (χ1n) is 7.29. The van der Waals surface area contributed by atoms with Crippen molar-refractivity contribution in [3.8, 4) is 5.88 Å². The van der Waals surface area contributed by atoms with Gasteiger partial charge in [0.25, 0.3) is 0 Å².